The van der Waals surface area contributed by atoms with Crippen molar-refractivity contribution in [3.63, 3.8) is 0 Å². The Kier molecular flexibility index (Phi) is 29.9. The Hall–Kier alpha value is -15.9. The van der Waals surface area contributed by atoms with Crippen LogP contribution >= 0.6 is 0 Å². The van der Waals surface area contributed by atoms with Crippen LogP contribution in [0.2, 0.25) is 0 Å². The van der Waals surface area contributed by atoms with Gasteiger partial charge in [-0.2, -0.15) is 0 Å². The van der Waals surface area contributed by atoms with E-state index in [1.54, 1.807) is 0 Å². The van der Waals surface area contributed by atoms with Gasteiger partial charge in [-0.05, 0) is 303 Å². The zero-order valence-electron chi connectivity index (χ0n) is 79.3. The van der Waals surface area contributed by atoms with E-state index in [0.29, 0.717) is 145 Å². The lowest BCUT2D eigenvalue weighted by Crippen LogP contribution is -2.02. The van der Waals surface area contributed by atoms with Crippen LogP contribution in [0.15, 0.2) is 121 Å². The Morgan fingerprint density at radius 2 is 0.478 bits per heavy atom. The molecule has 4 aliphatic heterocycles. The fourth-order valence-electron chi connectivity index (χ4n) is 18.6. The lowest BCUT2D eigenvalue weighted by molar-refractivity contribution is -0.141. The molecule has 4 aromatic carbocycles. The number of ether oxygens (including phenoxy) is 8. The molecule has 0 saturated heterocycles. The Morgan fingerprint density at radius 3 is 0.684 bits per heavy atom. The van der Waals surface area contributed by atoms with Crippen LogP contribution in [0.25, 0.3) is 133 Å². The summed E-state index contributed by atoms with van der Waals surface area (Å²) in [6.45, 7) is 15.9. The van der Waals surface area contributed by atoms with Crippen molar-refractivity contribution in [1.82, 2.24) is 39.9 Å². The molecule has 0 spiro atoms. The van der Waals surface area contributed by atoms with E-state index < -0.39 is 47.8 Å². The average molecular weight is 1820 g/mol. The number of nitrogens with one attached hydrogen (secondary N) is 4. The van der Waals surface area contributed by atoms with Gasteiger partial charge in [0.15, 0.2) is 0 Å². The summed E-state index contributed by atoms with van der Waals surface area (Å²) in [5, 5.41) is 0. The number of methoxy groups -OCH3 is 8. The first-order valence-electron chi connectivity index (χ1n) is 44.9. The average Bonchev–Trinajstić information content (AvgIpc) is 1.59. The molecule has 0 radical (unpaired) electrons. The second-order valence-corrected chi connectivity index (χ2v) is 33.7. The van der Waals surface area contributed by atoms with E-state index >= 15 is 0 Å². The highest BCUT2D eigenvalue weighted by atomic mass is 16.5. The lowest BCUT2D eigenvalue weighted by Gasteiger charge is -2.09. The smallest absolute Gasteiger partial charge is 0.305 e. The molecule has 24 heteroatoms. The highest BCUT2D eigenvalue weighted by Gasteiger charge is 2.33. The molecule has 10 aromatic rings. The maximum atomic E-state index is 13.4. The van der Waals surface area contributed by atoms with Crippen LogP contribution in [0, 0.1) is 76.1 Å². The molecule has 0 atom stereocenters. The maximum absolute atomic E-state index is 13.4. The molecular formula is C112H106N8O16. The van der Waals surface area contributed by atoms with Crippen molar-refractivity contribution in [1.29, 1.82) is 0 Å². The van der Waals surface area contributed by atoms with Crippen molar-refractivity contribution < 1.29 is 76.3 Å². The molecule has 4 N–H and O–H groups in total. The van der Waals surface area contributed by atoms with Gasteiger partial charge in [0.1, 0.15) is 0 Å². The monoisotopic (exact) mass is 1820 g/mol. The Morgan fingerprint density at radius 1 is 0.279 bits per heavy atom. The quantitative estimate of drug-likeness (QED) is 0.0201. The second kappa shape index (κ2) is 42.3. The highest BCUT2D eigenvalue weighted by molar-refractivity contribution is 6.08. The van der Waals surface area contributed by atoms with Crippen molar-refractivity contribution in [2.24, 2.45) is 0 Å². The zero-order valence-corrected chi connectivity index (χ0v) is 79.3. The number of carbonyl (C=O) groups is 8. The van der Waals surface area contributed by atoms with Gasteiger partial charge in [0, 0.05) is 118 Å². The minimum Gasteiger partial charge on any atom is -0.469 e. The van der Waals surface area contributed by atoms with E-state index in [4.69, 9.17) is 70.7 Å². The number of esters is 8. The Bertz CT molecular complexity index is 6980. The number of hydrogen-bond acceptors (Lipinski definition) is 20. The fourth-order valence-corrected chi connectivity index (χ4v) is 18.6. The number of hydrogen-bond donors (Lipinski definition) is 4. The third-order valence-electron chi connectivity index (χ3n) is 26.0. The summed E-state index contributed by atoms with van der Waals surface area (Å²) in [6.07, 6.45) is 14.3. The van der Waals surface area contributed by atoms with Crippen LogP contribution in [0.4, 0.5) is 0 Å². The number of rotatable bonds is 28. The summed E-state index contributed by atoms with van der Waals surface area (Å²) in [4.78, 5) is 145. The molecule has 10 heterocycles. The van der Waals surface area contributed by atoms with Crippen LogP contribution in [-0.2, 0) is 102 Å². The maximum Gasteiger partial charge on any atom is 0.305 e. The molecular weight excluding hydrogens is 1710 g/mol. The topological polar surface area (TPSA) is 325 Å². The molecule has 6 aromatic heterocycles. The normalized spacial score (nSPS) is 12.1. The van der Waals surface area contributed by atoms with Gasteiger partial charge in [-0.15, -0.1) is 12.8 Å². The highest BCUT2D eigenvalue weighted by Crippen LogP contribution is 2.49. The van der Waals surface area contributed by atoms with Crippen LogP contribution in [0.3, 0.4) is 0 Å². The van der Waals surface area contributed by atoms with Gasteiger partial charge < -0.3 is 57.8 Å². The van der Waals surface area contributed by atoms with E-state index in [1.165, 1.54) is 56.9 Å². The number of fused-ring (bicyclic) bond motifs is 16. The largest absolute Gasteiger partial charge is 0.469 e. The summed E-state index contributed by atoms with van der Waals surface area (Å²) in [5.41, 5.74) is 29.9. The summed E-state index contributed by atoms with van der Waals surface area (Å²) < 4.78 is 42.2. The van der Waals surface area contributed by atoms with Gasteiger partial charge in [0.25, 0.3) is 0 Å². The van der Waals surface area contributed by atoms with Crippen molar-refractivity contribution in [2.75, 3.05) is 56.9 Å². The summed E-state index contributed by atoms with van der Waals surface area (Å²) in [6, 6.07) is 38.6. The number of nitrogens with zero attached hydrogens (tertiary/aromatic N) is 4. The van der Waals surface area contributed by atoms with Crippen LogP contribution < -0.4 is 0 Å². The first-order valence-corrected chi connectivity index (χ1v) is 44.9. The van der Waals surface area contributed by atoms with E-state index in [1.807, 2.05) is 177 Å². The molecule has 16 bridgehead atoms. The second-order valence-electron chi connectivity index (χ2n) is 33.7. The number of aromatic nitrogens is 8. The molecule has 690 valence electrons. The summed E-state index contributed by atoms with van der Waals surface area (Å²) in [7, 11) is 10.8. The predicted molar refractivity (Wildman–Crippen MR) is 529 cm³/mol. The van der Waals surface area contributed by atoms with Gasteiger partial charge in [-0.25, -0.2) is 19.9 Å². The van der Waals surface area contributed by atoms with Gasteiger partial charge in [-0.3, -0.25) is 38.4 Å². The summed E-state index contributed by atoms with van der Waals surface area (Å²) in [5.74, 6) is 15.3. The molecule has 136 heavy (non-hydrogen) atoms. The number of terminal acetylenes is 2. The van der Waals surface area contributed by atoms with E-state index in [2.05, 4.69) is 55.5 Å². The van der Waals surface area contributed by atoms with Gasteiger partial charge in [-0.1, -0.05) is 72.2 Å². The van der Waals surface area contributed by atoms with Gasteiger partial charge in [0.2, 0.25) is 0 Å². The standard InChI is InChI=1S/C112H106N8O16/c1-19-69-29-23-33-73(53-69)101-105-61(3)77(37-45-93(121)129-11)85(113-105)57-89-81(41-49-97(125)133-15)65(7)109(117-89)103(110-66(8)82(42-50-98(126)134-16)90(118-110)58-86-78(38-46-94(122)130-12)62(4)106(101)114-86)75-35-25-31-71(55-75)27-21-22-28-72-32-26-36-76(56-72)104-111-67(9)83(43-51-99(127)135-17)91(119-111)59-87-79(39-47-95(123)131-13)63(5)107(115-87)102(74-34-24-30-70(20-2)54-74)108-64(6)80(40-48-96(124)132-14)88(116-108)60-92-84(44-52-100(128)136-18)68(10)112(104)120-92/h1-2,23-26,29-36,53-60,113,115,118,120H,37-52H2,3-18H3. The molecule has 0 amide bonds. The van der Waals surface area contributed by atoms with Gasteiger partial charge in [0.05, 0.1) is 124 Å². The third kappa shape index (κ3) is 20.2. The minimum absolute atomic E-state index is 0.00407. The fraction of sp³-hybridized carbons (Fsp3) is 0.286. The van der Waals surface area contributed by atoms with Crippen LogP contribution in [0.5, 0.6) is 0 Å². The van der Waals surface area contributed by atoms with Crippen LogP contribution in [0.1, 0.15) is 217 Å². The van der Waals surface area contributed by atoms with Crippen molar-refractivity contribution in [3.8, 4) is 92.9 Å². The Labute approximate surface area is 789 Å². The van der Waals surface area contributed by atoms with E-state index in [-0.39, 0.29) is 103 Å². The first kappa shape index (κ1) is 96.1. The number of benzene rings is 4. The predicted octanol–water partition coefficient (Wildman–Crippen LogP) is 20.2. The minimum atomic E-state index is -0.432. The Balaban J connectivity index is 1.01. The first-order chi connectivity index (χ1) is 65.6. The van der Waals surface area contributed by atoms with E-state index in [0.717, 1.165) is 100 Å². The van der Waals surface area contributed by atoms with Crippen molar-refractivity contribution in [2.45, 2.75) is 158 Å². The number of allylic oxidation sites excluding steroid dienone is 8. The molecule has 0 fully saturated rings. The number of aryl methyl sites for hydroxylation is 8. The number of carbonyl (C=O) groups excluding carboxylic acids is 8. The third-order valence-corrected chi connectivity index (χ3v) is 26.0. The van der Waals surface area contributed by atoms with Gasteiger partial charge >= 0.3 is 47.8 Å². The zero-order chi connectivity index (χ0) is 97.0. The number of H-pyrrole nitrogens is 4. The van der Waals surface area contributed by atoms with Crippen molar-refractivity contribution >= 4 is 136 Å². The van der Waals surface area contributed by atoms with E-state index in [9.17, 15) is 38.4 Å². The van der Waals surface area contributed by atoms with Crippen molar-refractivity contribution in [3.05, 3.63) is 234 Å². The SMILES string of the molecule is C#Cc1cccc(-c2c3nc(cc4[nH]c(c(C)c4CCC(=O)OC)c(-c4cccc(C#CC#Cc5cccc(-c6c7nc(cc8[nH]c(c(C)c8CCC(=O)OC)c(-c8cccc(C#C)c8)c8nc(cc9[nH]c6c(C)c9CCC(=O)OC)C(CCC(=O)OC)=C8C)C(CCC(=O)OC)=C7C)c5)c4)c4nc(cc5[nH]c2c(C)c5CCC(=O)OC)C(CCC(=O)OC)=C4C)C(CCC(=O)OC)=C3C)c1. The lowest BCUT2D eigenvalue weighted by atomic mass is 9.93. The number of aromatic amines is 4. The molecule has 0 aliphatic carbocycles. The van der Waals surface area contributed by atoms with Crippen LogP contribution in [-0.4, -0.2) is 145 Å². The molecule has 24 nitrogen and oxygen atoms in total. The molecule has 0 unspecified atom stereocenters. The molecule has 14 rings (SSSR count). The molecule has 0 saturated carbocycles. The summed E-state index contributed by atoms with van der Waals surface area (Å²) >= 11 is 0. The molecule has 4 aliphatic rings.